The van der Waals surface area contributed by atoms with E-state index in [1.165, 1.54) is 0 Å². The molecule has 1 atom stereocenters. The number of nitrogens with zero attached hydrogens (tertiary/aromatic N) is 3. The lowest BCUT2D eigenvalue weighted by Gasteiger charge is -2.37. The van der Waals surface area contributed by atoms with Gasteiger partial charge < -0.3 is 19.5 Å². The van der Waals surface area contributed by atoms with Crippen LogP contribution in [0.25, 0.3) is 0 Å². The van der Waals surface area contributed by atoms with Crippen LogP contribution < -0.4 is 10.1 Å². The Hall–Kier alpha value is -3.61. The van der Waals surface area contributed by atoms with Crippen molar-refractivity contribution < 1.29 is 14.3 Å². The number of pyridine rings is 1. The maximum Gasteiger partial charge on any atom is 0.223 e. The highest BCUT2D eigenvalue weighted by atomic mass is 16.5. The molecule has 1 unspecified atom stereocenters. The van der Waals surface area contributed by atoms with Crippen molar-refractivity contribution in [2.24, 2.45) is 0 Å². The van der Waals surface area contributed by atoms with Crippen LogP contribution in [0.2, 0.25) is 0 Å². The van der Waals surface area contributed by atoms with Gasteiger partial charge in [0.15, 0.2) is 0 Å². The van der Waals surface area contributed by atoms with Gasteiger partial charge in [-0.15, -0.1) is 0 Å². The summed E-state index contributed by atoms with van der Waals surface area (Å²) < 4.78 is 7.56. The number of methoxy groups -OCH3 is 1. The van der Waals surface area contributed by atoms with Gasteiger partial charge in [0.1, 0.15) is 5.75 Å². The minimum absolute atomic E-state index is 0.0284. The zero-order valence-electron chi connectivity index (χ0n) is 17.5. The molecule has 31 heavy (non-hydrogen) atoms. The second-order valence-electron chi connectivity index (χ2n) is 7.52. The van der Waals surface area contributed by atoms with Gasteiger partial charge in [-0.1, -0.05) is 12.1 Å². The molecule has 3 heterocycles. The first-order valence-electron chi connectivity index (χ1n) is 10.4. The molecule has 7 heteroatoms. The fraction of sp³-hybridized carbons (Fsp3) is 0.292. The second-order valence-corrected chi connectivity index (χ2v) is 7.52. The Kier molecular flexibility index (Phi) is 6.31. The lowest BCUT2D eigenvalue weighted by atomic mass is 9.99. The molecule has 1 aliphatic rings. The Morgan fingerprint density at radius 2 is 1.94 bits per heavy atom. The Balaban J connectivity index is 1.44. The van der Waals surface area contributed by atoms with Gasteiger partial charge in [-0.05, 0) is 47.5 Å². The van der Waals surface area contributed by atoms with Gasteiger partial charge in [0.25, 0.3) is 0 Å². The summed E-state index contributed by atoms with van der Waals surface area (Å²) in [5.41, 5.74) is 3.04. The van der Waals surface area contributed by atoms with Crippen molar-refractivity contribution in [3.8, 4) is 5.75 Å². The molecule has 7 nitrogen and oxygen atoms in total. The van der Waals surface area contributed by atoms with E-state index in [1.807, 2.05) is 59.6 Å². The number of amides is 2. The Labute approximate surface area is 181 Å². The molecule has 0 fully saturated rings. The third kappa shape index (κ3) is 4.77. The number of carbonyl (C=O) groups excluding carboxylic acids is 2. The van der Waals surface area contributed by atoms with E-state index in [2.05, 4.69) is 14.9 Å². The van der Waals surface area contributed by atoms with Crippen molar-refractivity contribution in [3.63, 3.8) is 0 Å². The van der Waals surface area contributed by atoms with Gasteiger partial charge >= 0.3 is 0 Å². The number of hydrogen-bond acceptors (Lipinski definition) is 4. The first-order chi connectivity index (χ1) is 15.2. The number of benzene rings is 1. The number of fused-ring (bicyclic) bond motifs is 1. The molecule has 0 bridgehead atoms. The number of ether oxygens (including phenoxy) is 1. The summed E-state index contributed by atoms with van der Waals surface area (Å²) in [5, 5.41) is 2.87. The molecule has 0 saturated heterocycles. The fourth-order valence-electron chi connectivity index (χ4n) is 3.97. The highest BCUT2D eigenvalue weighted by Crippen LogP contribution is 2.34. The Morgan fingerprint density at radius 1 is 1.10 bits per heavy atom. The normalized spacial score (nSPS) is 15.3. The summed E-state index contributed by atoms with van der Waals surface area (Å²) in [4.78, 5) is 31.3. The highest BCUT2D eigenvalue weighted by Gasteiger charge is 2.32. The standard InChI is InChI=1S/C24H26N4O3/c1-31-20-5-2-4-19(16-20)24-21-6-3-13-27(21)14-15-28(24)23(30)8-7-22(29)26-17-18-9-11-25-12-10-18/h2-6,9-13,16,24H,7-8,14-15,17H2,1H3,(H,26,29). The van der Waals surface area contributed by atoms with Crippen molar-refractivity contribution in [2.75, 3.05) is 13.7 Å². The smallest absolute Gasteiger partial charge is 0.223 e. The number of aromatic nitrogens is 2. The summed E-state index contributed by atoms with van der Waals surface area (Å²) in [6, 6.07) is 15.4. The SMILES string of the molecule is COc1cccc(C2c3cccn3CCN2C(=O)CCC(=O)NCc2ccncc2)c1. The molecule has 4 rings (SSSR count). The number of rotatable bonds is 7. The molecule has 0 aliphatic carbocycles. The highest BCUT2D eigenvalue weighted by molar-refractivity contribution is 5.84. The summed E-state index contributed by atoms with van der Waals surface area (Å²) in [5.74, 6) is 0.590. The summed E-state index contributed by atoms with van der Waals surface area (Å²) >= 11 is 0. The molecule has 160 valence electrons. The van der Waals surface area contributed by atoms with E-state index in [-0.39, 0.29) is 30.7 Å². The lowest BCUT2D eigenvalue weighted by Crippen LogP contribution is -2.42. The third-order valence-corrected chi connectivity index (χ3v) is 5.57. The van der Waals surface area contributed by atoms with Crippen molar-refractivity contribution in [3.05, 3.63) is 83.9 Å². The topological polar surface area (TPSA) is 76.5 Å². The van der Waals surface area contributed by atoms with Crippen LogP contribution in [-0.4, -0.2) is 39.9 Å². The number of nitrogens with one attached hydrogen (secondary N) is 1. The van der Waals surface area contributed by atoms with Crippen LogP contribution >= 0.6 is 0 Å². The maximum absolute atomic E-state index is 13.1. The van der Waals surface area contributed by atoms with E-state index < -0.39 is 0 Å². The molecule has 0 saturated carbocycles. The summed E-state index contributed by atoms with van der Waals surface area (Å²) in [6.45, 7) is 1.77. The van der Waals surface area contributed by atoms with E-state index in [9.17, 15) is 9.59 Å². The van der Waals surface area contributed by atoms with Crippen LogP contribution in [0.5, 0.6) is 5.75 Å². The number of hydrogen-bond donors (Lipinski definition) is 1. The van der Waals surface area contributed by atoms with Crippen LogP contribution in [0, 0.1) is 0 Å². The van der Waals surface area contributed by atoms with Crippen molar-refractivity contribution in [1.29, 1.82) is 0 Å². The van der Waals surface area contributed by atoms with Crippen LogP contribution in [0.15, 0.2) is 67.1 Å². The van der Waals surface area contributed by atoms with Gasteiger partial charge in [0, 0.05) is 56.8 Å². The molecule has 2 aromatic heterocycles. The zero-order valence-corrected chi connectivity index (χ0v) is 17.5. The first-order valence-corrected chi connectivity index (χ1v) is 10.4. The monoisotopic (exact) mass is 418 g/mol. The molecular formula is C24H26N4O3. The first kappa shape index (κ1) is 20.7. The lowest BCUT2D eigenvalue weighted by molar-refractivity contribution is -0.136. The van der Waals surface area contributed by atoms with E-state index in [0.717, 1.165) is 29.1 Å². The quantitative estimate of drug-likeness (QED) is 0.640. The van der Waals surface area contributed by atoms with Gasteiger partial charge in [-0.2, -0.15) is 0 Å². The van der Waals surface area contributed by atoms with E-state index in [4.69, 9.17) is 4.74 Å². The fourth-order valence-corrected chi connectivity index (χ4v) is 3.97. The van der Waals surface area contributed by atoms with Crippen LogP contribution in [0.4, 0.5) is 0 Å². The Bertz CT molecular complexity index is 1050. The predicted octanol–water partition coefficient (Wildman–Crippen LogP) is 2.92. The zero-order chi connectivity index (χ0) is 21.6. The summed E-state index contributed by atoms with van der Waals surface area (Å²) in [7, 11) is 1.64. The maximum atomic E-state index is 13.1. The van der Waals surface area contributed by atoms with Gasteiger partial charge in [-0.25, -0.2) is 0 Å². The average molecular weight is 418 g/mol. The van der Waals surface area contributed by atoms with Gasteiger partial charge in [-0.3, -0.25) is 14.6 Å². The number of carbonyl (C=O) groups is 2. The van der Waals surface area contributed by atoms with Gasteiger partial charge in [0.2, 0.25) is 11.8 Å². The van der Waals surface area contributed by atoms with Crippen molar-refractivity contribution in [1.82, 2.24) is 19.8 Å². The second kappa shape index (κ2) is 9.47. The largest absolute Gasteiger partial charge is 0.497 e. The molecule has 1 N–H and O–H groups in total. The summed E-state index contributed by atoms with van der Waals surface area (Å²) in [6.07, 6.45) is 5.75. The molecule has 1 aliphatic heterocycles. The molecule has 0 radical (unpaired) electrons. The minimum Gasteiger partial charge on any atom is -0.497 e. The molecule has 3 aromatic rings. The molecule has 2 amide bonds. The van der Waals surface area contributed by atoms with Gasteiger partial charge in [0.05, 0.1) is 13.2 Å². The van der Waals surface area contributed by atoms with Crippen molar-refractivity contribution >= 4 is 11.8 Å². The molecule has 1 aromatic carbocycles. The van der Waals surface area contributed by atoms with E-state index in [1.54, 1.807) is 19.5 Å². The van der Waals surface area contributed by atoms with Crippen LogP contribution in [0.1, 0.15) is 35.7 Å². The third-order valence-electron chi connectivity index (χ3n) is 5.57. The van der Waals surface area contributed by atoms with E-state index >= 15 is 0 Å². The van der Waals surface area contributed by atoms with Crippen molar-refractivity contribution in [2.45, 2.75) is 32.0 Å². The molecule has 0 spiro atoms. The molecular weight excluding hydrogens is 392 g/mol. The van der Waals surface area contributed by atoms with Crippen LogP contribution in [-0.2, 0) is 22.7 Å². The predicted molar refractivity (Wildman–Crippen MR) is 116 cm³/mol. The Morgan fingerprint density at radius 3 is 2.74 bits per heavy atom. The minimum atomic E-state index is -0.203. The van der Waals surface area contributed by atoms with Crippen LogP contribution in [0.3, 0.4) is 0 Å². The average Bonchev–Trinajstić information content (AvgIpc) is 3.30. The van der Waals surface area contributed by atoms with E-state index in [0.29, 0.717) is 13.1 Å².